The number of nitrogens with one attached hydrogen (secondary N) is 2. The van der Waals surface area contributed by atoms with Gasteiger partial charge in [-0.15, -0.1) is 0 Å². The summed E-state index contributed by atoms with van der Waals surface area (Å²) in [6.45, 7) is 4.03. The van der Waals surface area contributed by atoms with Crippen molar-refractivity contribution in [1.29, 1.82) is 0 Å². The van der Waals surface area contributed by atoms with Gasteiger partial charge in [0.2, 0.25) is 11.8 Å². The summed E-state index contributed by atoms with van der Waals surface area (Å²) in [7, 11) is 0. The van der Waals surface area contributed by atoms with Gasteiger partial charge >= 0.3 is 0 Å². The molecular formula is C16H22N2O2. The van der Waals surface area contributed by atoms with Gasteiger partial charge in [0.1, 0.15) is 0 Å². The molecule has 0 unspecified atom stereocenters. The molecular weight excluding hydrogens is 252 g/mol. The number of hydrogen-bond donors (Lipinski definition) is 2. The lowest BCUT2D eigenvalue weighted by atomic mass is 9.85. The van der Waals surface area contributed by atoms with E-state index in [0.717, 1.165) is 30.6 Å². The molecule has 0 aromatic heterocycles. The molecule has 0 atom stereocenters. The van der Waals surface area contributed by atoms with Crippen LogP contribution < -0.4 is 10.6 Å². The van der Waals surface area contributed by atoms with E-state index in [-0.39, 0.29) is 17.7 Å². The third-order valence-corrected chi connectivity index (χ3v) is 3.51. The molecule has 4 nitrogen and oxygen atoms in total. The van der Waals surface area contributed by atoms with E-state index in [9.17, 15) is 9.59 Å². The maximum Gasteiger partial charge on any atom is 0.227 e. The lowest BCUT2D eigenvalue weighted by Crippen LogP contribution is -2.27. The molecule has 2 rings (SSSR count). The third-order valence-electron chi connectivity index (χ3n) is 3.51. The van der Waals surface area contributed by atoms with Crippen LogP contribution in [0.5, 0.6) is 0 Å². The summed E-state index contributed by atoms with van der Waals surface area (Å²) in [5.41, 5.74) is 1.54. The first-order valence-corrected chi connectivity index (χ1v) is 7.25. The summed E-state index contributed by atoms with van der Waals surface area (Å²) in [5, 5.41) is 5.75. The van der Waals surface area contributed by atoms with Gasteiger partial charge in [-0.1, -0.05) is 20.3 Å². The van der Waals surface area contributed by atoms with Crippen LogP contribution in [0.3, 0.4) is 0 Å². The van der Waals surface area contributed by atoms with Crippen LogP contribution in [0.2, 0.25) is 0 Å². The Labute approximate surface area is 119 Å². The van der Waals surface area contributed by atoms with Gasteiger partial charge < -0.3 is 10.6 Å². The molecule has 1 aliphatic rings. The van der Waals surface area contributed by atoms with Crippen LogP contribution in [0.15, 0.2) is 24.3 Å². The van der Waals surface area contributed by atoms with Crippen molar-refractivity contribution >= 4 is 23.2 Å². The van der Waals surface area contributed by atoms with E-state index in [1.54, 1.807) is 0 Å². The van der Waals surface area contributed by atoms with Gasteiger partial charge in [-0.3, -0.25) is 9.59 Å². The van der Waals surface area contributed by atoms with Crippen LogP contribution in [0.4, 0.5) is 11.4 Å². The number of anilines is 2. The molecule has 0 bridgehead atoms. The second-order valence-corrected chi connectivity index (χ2v) is 5.84. The zero-order valence-electron chi connectivity index (χ0n) is 12.1. The zero-order chi connectivity index (χ0) is 14.5. The molecule has 0 radical (unpaired) electrons. The molecule has 0 aliphatic heterocycles. The van der Waals surface area contributed by atoms with Crippen molar-refractivity contribution in [2.75, 3.05) is 10.6 Å². The van der Waals surface area contributed by atoms with Crippen molar-refractivity contribution in [3.8, 4) is 0 Å². The Kier molecular flexibility index (Phi) is 4.77. The third kappa shape index (κ3) is 4.08. The first-order chi connectivity index (χ1) is 9.54. The highest BCUT2D eigenvalue weighted by atomic mass is 16.2. The van der Waals surface area contributed by atoms with Gasteiger partial charge in [-0.25, -0.2) is 0 Å². The van der Waals surface area contributed by atoms with Crippen molar-refractivity contribution in [3.63, 3.8) is 0 Å². The fourth-order valence-electron chi connectivity index (χ4n) is 2.13. The molecule has 4 heteroatoms. The number of carbonyl (C=O) groups is 2. The summed E-state index contributed by atoms with van der Waals surface area (Å²) in [6.07, 6.45) is 3.66. The van der Waals surface area contributed by atoms with Gasteiger partial charge in [0.25, 0.3) is 0 Å². The summed E-state index contributed by atoms with van der Waals surface area (Å²) in [5.74, 6) is 0.649. The van der Waals surface area contributed by atoms with Crippen LogP contribution in [0.25, 0.3) is 0 Å². The summed E-state index contributed by atoms with van der Waals surface area (Å²) >= 11 is 0. The highest BCUT2D eigenvalue weighted by Crippen LogP contribution is 2.27. The number of benzene rings is 1. The van der Waals surface area contributed by atoms with E-state index in [0.29, 0.717) is 12.3 Å². The summed E-state index contributed by atoms with van der Waals surface area (Å²) < 4.78 is 0. The lowest BCUT2D eigenvalue weighted by molar-refractivity contribution is -0.122. The summed E-state index contributed by atoms with van der Waals surface area (Å²) in [4.78, 5) is 23.4. The van der Waals surface area contributed by atoms with Crippen molar-refractivity contribution in [1.82, 2.24) is 0 Å². The molecule has 0 spiro atoms. The van der Waals surface area contributed by atoms with E-state index < -0.39 is 0 Å². The van der Waals surface area contributed by atoms with Gasteiger partial charge in [-0.05, 0) is 43.0 Å². The Balaban J connectivity index is 1.86. The predicted molar refractivity (Wildman–Crippen MR) is 80.5 cm³/mol. The molecule has 0 heterocycles. The first-order valence-electron chi connectivity index (χ1n) is 7.25. The van der Waals surface area contributed by atoms with E-state index in [4.69, 9.17) is 0 Å². The van der Waals surface area contributed by atoms with Crippen molar-refractivity contribution in [2.24, 2.45) is 11.8 Å². The van der Waals surface area contributed by atoms with Crippen LogP contribution >= 0.6 is 0 Å². The van der Waals surface area contributed by atoms with Crippen molar-refractivity contribution in [2.45, 2.75) is 39.5 Å². The monoisotopic (exact) mass is 274 g/mol. The second kappa shape index (κ2) is 6.55. The standard InChI is InChI=1S/C16H22N2O2/c1-11(2)10-15(19)17-13-6-8-14(9-7-13)18-16(20)12-4-3-5-12/h6-9,11-12H,3-5,10H2,1-2H3,(H,17,19)(H,18,20). The van der Waals surface area contributed by atoms with E-state index in [2.05, 4.69) is 10.6 Å². The normalized spacial score (nSPS) is 14.8. The first kappa shape index (κ1) is 14.6. The van der Waals surface area contributed by atoms with Crippen LogP contribution in [0.1, 0.15) is 39.5 Å². The SMILES string of the molecule is CC(C)CC(=O)Nc1ccc(NC(=O)C2CCC2)cc1. The fourth-order valence-corrected chi connectivity index (χ4v) is 2.13. The van der Waals surface area contributed by atoms with Crippen molar-refractivity contribution in [3.05, 3.63) is 24.3 Å². The van der Waals surface area contributed by atoms with Crippen LogP contribution in [-0.4, -0.2) is 11.8 Å². The topological polar surface area (TPSA) is 58.2 Å². The molecule has 108 valence electrons. The minimum Gasteiger partial charge on any atom is -0.326 e. The van der Waals surface area contributed by atoms with Gasteiger partial charge in [0.15, 0.2) is 0 Å². The number of carbonyl (C=O) groups excluding carboxylic acids is 2. The second-order valence-electron chi connectivity index (χ2n) is 5.84. The maximum atomic E-state index is 11.8. The Morgan fingerprint density at radius 3 is 2.10 bits per heavy atom. The maximum absolute atomic E-state index is 11.8. The molecule has 0 saturated heterocycles. The Bertz CT molecular complexity index is 476. The number of rotatable bonds is 5. The van der Waals surface area contributed by atoms with Crippen molar-refractivity contribution < 1.29 is 9.59 Å². The van der Waals surface area contributed by atoms with E-state index in [1.807, 2.05) is 38.1 Å². The fraction of sp³-hybridized carbons (Fsp3) is 0.500. The molecule has 2 N–H and O–H groups in total. The Morgan fingerprint density at radius 1 is 1.10 bits per heavy atom. The minimum atomic E-state index is 0.0197. The highest BCUT2D eigenvalue weighted by Gasteiger charge is 2.24. The molecule has 1 aromatic carbocycles. The highest BCUT2D eigenvalue weighted by molar-refractivity contribution is 5.94. The molecule has 2 amide bonds. The average Bonchev–Trinajstić information content (AvgIpc) is 2.28. The summed E-state index contributed by atoms with van der Waals surface area (Å²) in [6, 6.07) is 7.27. The van der Waals surface area contributed by atoms with Gasteiger partial charge in [0.05, 0.1) is 0 Å². The van der Waals surface area contributed by atoms with Gasteiger partial charge in [0, 0.05) is 23.7 Å². The lowest BCUT2D eigenvalue weighted by Gasteiger charge is -2.24. The van der Waals surface area contributed by atoms with E-state index in [1.165, 1.54) is 0 Å². The minimum absolute atomic E-state index is 0.0197. The molecule has 1 aliphatic carbocycles. The van der Waals surface area contributed by atoms with Crippen LogP contribution in [0, 0.1) is 11.8 Å². The average molecular weight is 274 g/mol. The smallest absolute Gasteiger partial charge is 0.227 e. The Hall–Kier alpha value is -1.84. The molecule has 1 fully saturated rings. The number of hydrogen-bond acceptors (Lipinski definition) is 2. The number of amides is 2. The quantitative estimate of drug-likeness (QED) is 0.864. The van der Waals surface area contributed by atoms with E-state index >= 15 is 0 Å². The zero-order valence-corrected chi connectivity index (χ0v) is 12.1. The van der Waals surface area contributed by atoms with Gasteiger partial charge in [-0.2, -0.15) is 0 Å². The van der Waals surface area contributed by atoms with Crippen LogP contribution in [-0.2, 0) is 9.59 Å². The molecule has 20 heavy (non-hydrogen) atoms. The Morgan fingerprint density at radius 2 is 1.65 bits per heavy atom. The molecule has 1 aromatic rings. The molecule has 1 saturated carbocycles. The predicted octanol–water partition coefficient (Wildman–Crippen LogP) is 3.41. The largest absolute Gasteiger partial charge is 0.326 e.